The summed E-state index contributed by atoms with van der Waals surface area (Å²) in [7, 11) is -3.68. The summed E-state index contributed by atoms with van der Waals surface area (Å²) in [4.78, 5) is 29.9. The highest BCUT2D eigenvalue weighted by Crippen LogP contribution is 2.32. The molecule has 0 bridgehead atoms. The summed E-state index contributed by atoms with van der Waals surface area (Å²) in [5.41, 5.74) is 2.86. The molecule has 1 aromatic carbocycles. The zero-order valence-electron chi connectivity index (χ0n) is 20.8. The Balaban J connectivity index is 1.88. The van der Waals surface area contributed by atoms with Gasteiger partial charge in [0, 0.05) is 38.3 Å². The maximum Gasteiger partial charge on any atom is 0.266 e. The number of rotatable bonds is 9. The summed E-state index contributed by atoms with van der Waals surface area (Å²) in [6, 6.07) is 6.85. The number of nitrogens with one attached hydrogen (secondary N) is 2. The number of aromatic nitrogens is 1. The molecule has 0 atom stereocenters. The lowest BCUT2D eigenvalue weighted by Crippen LogP contribution is -2.31. The van der Waals surface area contributed by atoms with Crippen molar-refractivity contribution >= 4 is 27.3 Å². The van der Waals surface area contributed by atoms with Gasteiger partial charge in [-0.3, -0.25) is 9.59 Å². The Morgan fingerprint density at radius 1 is 1.20 bits per heavy atom. The van der Waals surface area contributed by atoms with Gasteiger partial charge in [0.1, 0.15) is 11.6 Å². The van der Waals surface area contributed by atoms with Crippen LogP contribution in [-0.2, 0) is 21.2 Å². The van der Waals surface area contributed by atoms with Crippen LogP contribution in [0, 0.1) is 25.2 Å². The fraction of sp³-hybridized carbons (Fsp3) is 0.480. The minimum absolute atomic E-state index is 0.0524. The maximum atomic E-state index is 13.1. The van der Waals surface area contributed by atoms with Gasteiger partial charge < -0.3 is 15.2 Å². The Morgan fingerprint density at radius 2 is 1.86 bits per heavy atom. The van der Waals surface area contributed by atoms with Gasteiger partial charge in [0.25, 0.3) is 5.56 Å². The Labute approximate surface area is 206 Å². The summed E-state index contributed by atoms with van der Waals surface area (Å²) >= 11 is 0. The van der Waals surface area contributed by atoms with E-state index in [1.165, 1.54) is 4.31 Å². The van der Waals surface area contributed by atoms with Crippen molar-refractivity contribution in [3.8, 4) is 6.07 Å². The van der Waals surface area contributed by atoms with Crippen molar-refractivity contribution in [3.63, 3.8) is 0 Å². The van der Waals surface area contributed by atoms with E-state index >= 15 is 0 Å². The highest BCUT2D eigenvalue weighted by atomic mass is 32.2. The second-order valence-electron chi connectivity index (χ2n) is 8.68. The normalized spacial score (nSPS) is 13.8. The summed E-state index contributed by atoms with van der Waals surface area (Å²) in [5.74, 6) is -0.272. The Morgan fingerprint density at radius 3 is 2.46 bits per heavy atom. The predicted octanol–water partition coefficient (Wildman–Crippen LogP) is 3.07. The van der Waals surface area contributed by atoms with Crippen LogP contribution in [0.3, 0.4) is 0 Å². The van der Waals surface area contributed by atoms with Gasteiger partial charge in [-0.2, -0.15) is 9.57 Å². The molecule has 2 heterocycles. The van der Waals surface area contributed by atoms with Gasteiger partial charge >= 0.3 is 0 Å². The highest BCUT2D eigenvalue weighted by molar-refractivity contribution is 7.89. The molecule has 0 radical (unpaired) electrons. The van der Waals surface area contributed by atoms with Gasteiger partial charge in [-0.15, -0.1) is 0 Å². The number of H-pyrrole nitrogens is 1. The first-order valence-corrected chi connectivity index (χ1v) is 13.4. The number of anilines is 2. The average molecular weight is 500 g/mol. The van der Waals surface area contributed by atoms with E-state index in [4.69, 9.17) is 0 Å². The van der Waals surface area contributed by atoms with Crippen LogP contribution in [0.2, 0.25) is 0 Å². The van der Waals surface area contributed by atoms with Gasteiger partial charge in [-0.1, -0.05) is 13.8 Å². The molecule has 2 N–H and O–H groups in total. The van der Waals surface area contributed by atoms with Gasteiger partial charge in [-0.05, 0) is 62.4 Å². The number of nitrogens with zero attached hydrogens (tertiary/aromatic N) is 3. The maximum absolute atomic E-state index is 13.1. The monoisotopic (exact) mass is 499 g/mol. The van der Waals surface area contributed by atoms with Crippen molar-refractivity contribution in [2.75, 3.05) is 36.4 Å². The molecule has 35 heavy (non-hydrogen) atoms. The number of aryl methyl sites for hydroxylation is 1. The van der Waals surface area contributed by atoms with Gasteiger partial charge in [0.2, 0.25) is 15.9 Å². The van der Waals surface area contributed by atoms with Crippen LogP contribution >= 0.6 is 0 Å². The molecule has 1 aliphatic rings. The van der Waals surface area contributed by atoms with Crippen LogP contribution in [0.15, 0.2) is 27.9 Å². The molecule has 0 aliphatic carbocycles. The lowest BCUT2D eigenvalue weighted by Gasteiger charge is -2.24. The highest BCUT2D eigenvalue weighted by Gasteiger charge is 2.25. The number of benzene rings is 1. The fourth-order valence-corrected chi connectivity index (χ4v) is 6.08. The molecule has 188 valence electrons. The first-order chi connectivity index (χ1) is 16.6. The third-order valence-corrected chi connectivity index (χ3v) is 8.60. The molecule has 1 aromatic heterocycles. The third-order valence-electron chi connectivity index (χ3n) is 6.55. The van der Waals surface area contributed by atoms with E-state index in [0.717, 1.165) is 37.2 Å². The Hall–Kier alpha value is -3.16. The number of carbonyl (C=O) groups excluding carboxylic acids is 1. The van der Waals surface area contributed by atoms with Crippen molar-refractivity contribution < 1.29 is 13.2 Å². The molecule has 2 aromatic rings. The molecule has 1 saturated heterocycles. The minimum atomic E-state index is -3.68. The molecular formula is C25H33N5O4S. The summed E-state index contributed by atoms with van der Waals surface area (Å²) in [6.07, 6.45) is 2.54. The van der Waals surface area contributed by atoms with Crippen LogP contribution in [0.5, 0.6) is 0 Å². The van der Waals surface area contributed by atoms with Gasteiger partial charge in [0.15, 0.2) is 0 Å². The number of nitriles is 1. The Bertz CT molecular complexity index is 1300. The summed E-state index contributed by atoms with van der Waals surface area (Å²) < 4.78 is 27.6. The average Bonchev–Trinajstić information content (AvgIpc) is 3.34. The molecule has 3 rings (SSSR count). The van der Waals surface area contributed by atoms with Crippen LogP contribution in [0.4, 0.5) is 11.4 Å². The molecule has 0 spiro atoms. The second-order valence-corrected chi connectivity index (χ2v) is 10.6. The number of hydrogen-bond acceptors (Lipinski definition) is 6. The van der Waals surface area contributed by atoms with Gasteiger partial charge in [0.05, 0.1) is 16.3 Å². The molecule has 1 amide bonds. The molecule has 1 fully saturated rings. The lowest BCUT2D eigenvalue weighted by atomic mass is 9.99. The van der Waals surface area contributed by atoms with Crippen molar-refractivity contribution in [1.29, 1.82) is 5.26 Å². The lowest BCUT2D eigenvalue weighted by molar-refractivity contribution is -0.116. The molecule has 1 aliphatic heterocycles. The first kappa shape index (κ1) is 26.4. The summed E-state index contributed by atoms with van der Waals surface area (Å²) in [5, 5.41) is 12.2. The van der Waals surface area contributed by atoms with Crippen molar-refractivity contribution in [3.05, 3.63) is 50.9 Å². The van der Waals surface area contributed by atoms with Gasteiger partial charge in [-0.25, -0.2) is 8.42 Å². The number of hydrogen-bond donors (Lipinski definition) is 2. The molecule has 9 nitrogen and oxygen atoms in total. The minimum Gasteiger partial charge on any atom is -0.370 e. The van der Waals surface area contributed by atoms with Crippen LogP contribution in [0.25, 0.3) is 0 Å². The molecule has 0 saturated carbocycles. The number of sulfonamides is 1. The predicted molar refractivity (Wildman–Crippen MR) is 136 cm³/mol. The fourth-order valence-electron chi connectivity index (χ4n) is 4.59. The molecular weight excluding hydrogens is 466 g/mol. The SMILES string of the molecule is CCN(CC)S(=O)(=O)c1ccc(N2CCCC2)c(NC(=O)CCc2c(C)[nH]c(=O)c(C#N)c2C)c1. The topological polar surface area (TPSA) is 126 Å². The second kappa shape index (κ2) is 11.1. The van der Waals surface area contributed by atoms with Crippen molar-refractivity contribution in [2.24, 2.45) is 0 Å². The zero-order valence-corrected chi connectivity index (χ0v) is 21.6. The first-order valence-electron chi connectivity index (χ1n) is 11.9. The molecule has 0 unspecified atom stereocenters. The number of pyridine rings is 1. The number of aromatic amines is 1. The largest absolute Gasteiger partial charge is 0.370 e. The van der Waals surface area contributed by atoms with E-state index < -0.39 is 15.6 Å². The number of carbonyl (C=O) groups is 1. The van der Waals surface area contributed by atoms with E-state index in [1.807, 2.05) is 6.07 Å². The zero-order chi connectivity index (χ0) is 25.8. The van der Waals surface area contributed by atoms with Crippen LogP contribution in [-0.4, -0.2) is 49.8 Å². The standard InChI is InChI=1S/C25H33N5O4S/c1-5-30(6-2)35(33,34)19-9-11-23(29-13-7-8-14-29)22(15-19)28-24(31)12-10-20-17(3)21(16-26)25(32)27-18(20)4/h9,11,15H,5-8,10,12-14H2,1-4H3,(H,27,32)(H,28,31). The van der Waals surface area contributed by atoms with Crippen LogP contribution < -0.4 is 15.8 Å². The number of amides is 1. The Kier molecular flexibility index (Phi) is 8.35. The van der Waals surface area contributed by atoms with E-state index in [9.17, 15) is 23.3 Å². The van der Waals surface area contributed by atoms with Crippen LogP contribution in [0.1, 0.15) is 55.5 Å². The van der Waals surface area contributed by atoms with E-state index in [1.54, 1.807) is 45.9 Å². The van der Waals surface area contributed by atoms with E-state index in [2.05, 4.69) is 15.2 Å². The van der Waals surface area contributed by atoms with Crippen molar-refractivity contribution in [1.82, 2.24) is 9.29 Å². The van der Waals surface area contributed by atoms with E-state index in [0.29, 0.717) is 36.5 Å². The van der Waals surface area contributed by atoms with Crippen molar-refractivity contribution in [2.45, 2.75) is 58.3 Å². The summed E-state index contributed by atoms with van der Waals surface area (Å²) in [6.45, 7) is 9.45. The van der Waals surface area contributed by atoms with E-state index in [-0.39, 0.29) is 22.8 Å². The smallest absolute Gasteiger partial charge is 0.266 e. The molecule has 10 heteroatoms. The third kappa shape index (κ3) is 5.57. The quantitative estimate of drug-likeness (QED) is 0.546.